The van der Waals surface area contributed by atoms with Crippen molar-refractivity contribution in [3.05, 3.63) is 0 Å². The van der Waals surface area contributed by atoms with Gasteiger partial charge in [0.1, 0.15) is 0 Å². The molecule has 0 heterocycles. The van der Waals surface area contributed by atoms with Gasteiger partial charge in [0.25, 0.3) is 0 Å². The molecule has 0 aromatic heterocycles. The maximum absolute atomic E-state index is 10.3. The van der Waals surface area contributed by atoms with E-state index >= 15 is 0 Å². The van der Waals surface area contributed by atoms with Crippen molar-refractivity contribution >= 4 is 29.3 Å². The van der Waals surface area contributed by atoms with E-state index in [2.05, 4.69) is 5.09 Å². The van der Waals surface area contributed by atoms with Crippen LogP contribution in [0.2, 0.25) is 0 Å². The molecule has 0 saturated heterocycles. The van der Waals surface area contributed by atoms with Crippen molar-refractivity contribution in [2.45, 2.75) is 0 Å². The second kappa shape index (κ2) is 7.20. The summed E-state index contributed by atoms with van der Waals surface area (Å²) in [5.41, 5.74) is 5.24. The Morgan fingerprint density at radius 1 is 1.33 bits per heavy atom. The maximum Gasteiger partial charge on any atom is 0.400 e. The number of rotatable bonds is 7. The molecule has 0 spiro atoms. The van der Waals surface area contributed by atoms with Gasteiger partial charge in [-0.25, -0.2) is 9.65 Å². The van der Waals surface area contributed by atoms with Crippen LogP contribution in [0.1, 0.15) is 0 Å². The quantitative estimate of drug-likeness (QED) is 0.279. The summed E-state index contributed by atoms with van der Waals surface area (Å²) < 4.78 is 10.3. The number of hydrogen-bond donors (Lipinski definition) is 4. The van der Waals surface area contributed by atoms with Crippen LogP contribution in [0.5, 0.6) is 0 Å². The second-order valence-corrected chi connectivity index (χ2v) is 5.99. The molecule has 0 saturated carbocycles. The van der Waals surface area contributed by atoms with Gasteiger partial charge in [0.2, 0.25) is 0 Å². The van der Waals surface area contributed by atoms with E-state index in [4.69, 9.17) is 15.5 Å². The predicted octanol–water partition coefficient (Wildman–Crippen LogP) is 0.00880. The van der Waals surface area contributed by atoms with Crippen LogP contribution >= 0.6 is 29.3 Å². The Bertz CT molecular complexity index is 153. The average molecular weight is 232 g/mol. The van der Waals surface area contributed by atoms with Crippen LogP contribution in [0.15, 0.2) is 0 Å². The summed E-state index contributed by atoms with van der Waals surface area (Å²) in [4.78, 5) is 16.8. The highest BCUT2D eigenvalue weighted by molar-refractivity contribution is 8.76. The van der Waals surface area contributed by atoms with Crippen molar-refractivity contribution in [3.63, 3.8) is 0 Å². The molecule has 0 aliphatic heterocycles. The van der Waals surface area contributed by atoms with Gasteiger partial charge in [0.05, 0.1) is 0 Å². The van der Waals surface area contributed by atoms with E-state index < -0.39 is 7.75 Å². The molecule has 0 aliphatic rings. The van der Waals surface area contributed by atoms with Crippen molar-refractivity contribution in [3.8, 4) is 0 Å². The Morgan fingerprint density at radius 3 is 2.42 bits per heavy atom. The van der Waals surface area contributed by atoms with Gasteiger partial charge in [-0.1, -0.05) is 21.6 Å². The molecular weight excluding hydrogens is 219 g/mol. The van der Waals surface area contributed by atoms with Crippen LogP contribution < -0.4 is 10.8 Å². The zero-order valence-corrected chi connectivity index (χ0v) is 9.00. The van der Waals surface area contributed by atoms with Crippen LogP contribution in [0.3, 0.4) is 0 Å². The van der Waals surface area contributed by atoms with E-state index in [1.54, 1.807) is 21.6 Å². The molecule has 0 aromatic carbocycles. The lowest BCUT2D eigenvalue weighted by molar-refractivity contribution is 0.359. The minimum absolute atomic E-state index is 0.312. The molecule has 12 heavy (non-hydrogen) atoms. The van der Waals surface area contributed by atoms with Crippen molar-refractivity contribution < 1.29 is 14.4 Å². The van der Waals surface area contributed by atoms with Crippen molar-refractivity contribution in [2.24, 2.45) is 5.73 Å². The topological polar surface area (TPSA) is 95.6 Å². The van der Waals surface area contributed by atoms with Gasteiger partial charge in [0.15, 0.2) is 0 Å². The van der Waals surface area contributed by atoms with E-state index in [0.29, 0.717) is 18.8 Å². The lowest BCUT2D eigenvalue weighted by atomic mass is 10.8. The Kier molecular flexibility index (Phi) is 7.66. The fourth-order valence-electron chi connectivity index (χ4n) is 0.399. The summed E-state index contributed by atoms with van der Waals surface area (Å²) in [6.07, 6.45) is 0. The highest BCUT2D eigenvalue weighted by Crippen LogP contribution is 2.28. The summed E-state index contributed by atoms with van der Waals surface area (Å²) in [7, 11) is -0.867. The summed E-state index contributed by atoms with van der Waals surface area (Å²) in [6.45, 7) is 0.941. The SMILES string of the molecule is NCCSSCCNP(=O)(O)O. The molecular formula is C4H13N2O3PS2. The number of hydrogen-bond acceptors (Lipinski definition) is 4. The lowest BCUT2D eigenvalue weighted by Gasteiger charge is -2.04. The summed E-state index contributed by atoms with van der Waals surface area (Å²) >= 11 is 0. The predicted molar refractivity (Wildman–Crippen MR) is 54.0 cm³/mol. The van der Waals surface area contributed by atoms with Gasteiger partial charge in [-0.2, -0.15) is 0 Å². The molecule has 0 amide bonds. The van der Waals surface area contributed by atoms with Gasteiger partial charge in [0, 0.05) is 24.6 Å². The van der Waals surface area contributed by atoms with Crippen LogP contribution in [0, 0.1) is 0 Å². The molecule has 0 atom stereocenters. The van der Waals surface area contributed by atoms with Crippen molar-refractivity contribution in [1.82, 2.24) is 5.09 Å². The van der Waals surface area contributed by atoms with E-state index in [-0.39, 0.29) is 0 Å². The van der Waals surface area contributed by atoms with Crippen LogP contribution in [0.25, 0.3) is 0 Å². The van der Waals surface area contributed by atoms with Crippen molar-refractivity contribution in [2.75, 3.05) is 24.6 Å². The largest absolute Gasteiger partial charge is 0.400 e. The average Bonchev–Trinajstić information content (AvgIpc) is 1.94. The smallest absolute Gasteiger partial charge is 0.330 e. The molecule has 0 unspecified atom stereocenters. The van der Waals surface area contributed by atoms with E-state index in [0.717, 1.165) is 5.75 Å². The molecule has 0 radical (unpaired) electrons. The Labute approximate surface area is 79.5 Å². The zero-order valence-electron chi connectivity index (χ0n) is 6.47. The minimum Gasteiger partial charge on any atom is -0.330 e. The normalized spacial score (nSPS) is 11.9. The number of nitrogens with two attached hydrogens (primary N) is 1. The van der Waals surface area contributed by atoms with Gasteiger partial charge < -0.3 is 15.5 Å². The first-order valence-electron chi connectivity index (χ1n) is 3.31. The maximum atomic E-state index is 10.3. The molecule has 0 bridgehead atoms. The Hall–Kier alpha value is 0.770. The molecule has 0 aliphatic carbocycles. The van der Waals surface area contributed by atoms with Crippen molar-refractivity contribution in [1.29, 1.82) is 0 Å². The molecule has 5 nitrogen and oxygen atoms in total. The highest BCUT2D eigenvalue weighted by Gasteiger charge is 2.09. The lowest BCUT2D eigenvalue weighted by Crippen LogP contribution is -2.12. The molecule has 0 rings (SSSR count). The van der Waals surface area contributed by atoms with Gasteiger partial charge in [-0.3, -0.25) is 0 Å². The minimum atomic E-state index is -4.02. The summed E-state index contributed by atoms with van der Waals surface area (Å²) in [5, 5.41) is 2.10. The second-order valence-electron chi connectivity index (χ2n) is 1.88. The van der Waals surface area contributed by atoms with E-state index in [1.165, 1.54) is 0 Å². The Morgan fingerprint density at radius 2 is 1.92 bits per heavy atom. The monoisotopic (exact) mass is 232 g/mol. The summed E-state index contributed by atoms with van der Waals surface area (Å²) in [6, 6.07) is 0. The van der Waals surface area contributed by atoms with Crippen LogP contribution in [0.4, 0.5) is 0 Å². The first kappa shape index (κ1) is 12.8. The van der Waals surface area contributed by atoms with E-state index in [9.17, 15) is 4.57 Å². The summed E-state index contributed by atoms with van der Waals surface area (Å²) in [5.74, 6) is 1.52. The fraction of sp³-hybridized carbons (Fsp3) is 1.00. The molecule has 0 fully saturated rings. The van der Waals surface area contributed by atoms with E-state index in [1.807, 2.05) is 0 Å². The number of nitrogens with one attached hydrogen (secondary N) is 1. The fourth-order valence-corrected chi connectivity index (χ4v) is 2.72. The molecule has 0 aromatic rings. The molecule has 8 heteroatoms. The Balaban J connectivity index is 3.06. The van der Waals surface area contributed by atoms with Crippen LogP contribution in [-0.2, 0) is 4.57 Å². The standard InChI is InChI=1S/C4H13N2O3PS2/c5-1-3-11-12-4-2-6-10(7,8)9/h1-5H2,(H3,6,7,8,9). The zero-order chi connectivity index (χ0) is 9.45. The van der Waals surface area contributed by atoms with Crippen LogP contribution in [-0.4, -0.2) is 34.4 Å². The molecule has 5 N–H and O–H groups in total. The third kappa shape index (κ3) is 10.8. The van der Waals surface area contributed by atoms with Gasteiger partial charge >= 0.3 is 7.75 Å². The third-order valence-electron chi connectivity index (χ3n) is 0.788. The first-order chi connectivity index (χ1) is 5.56. The first-order valence-corrected chi connectivity index (χ1v) is 7.41. The third-order valence-corrected chi connectivity index (χ3v) is 3.86. The highest BCUT2D eigenvalue weighted by atomic mass is 33.1. The van der Waals surface area contributed by atoms with Gasteiger partial charge in [-0.15, -0.1) is 0 Å². The molecule has 74 valence electrons. The van der Waals surface area contributed by atoms with Gasteiger partial charge in [-0.05, 0) is 0 Å².